The number of nitrogens with two attached hydrogens (primary N) is 1. The summed E-state index contributed by atoms with van der Waals surface area (Å²) in [6.45, 7) is 0.387. The summed E-state index contributed by atoms with van der Waals surface area (Å²) in [5.74, 6) is 0.408. The first-order valence-corrected chi connectivity index (χ1v) is 6.35. The third-order valence-corrected chi connectivity index (χ3v) is 3.44. The summed E-state index contributed by atoms with van der Waals surface area (Å²) in [6, 6.07) is 9.25. The molecular weight excluding hydrogens is 248 g/mol. The Balaban J connectivity index is 2.21. The normalized spacial score (nSPS) is 10.1. The molecule has 1 heterocycles. The zero-order valence-electron chi connectivity index (χ0n) is 9.97. The lowest BCUT2D eigenvalue weighted by molar-refractivity contribution is 0.102. The van der Waals surface area contributed by atoms with E-state index >= 15 is 0 Å². The van der Waals surface area contributed by atoms with E-state index in [4.69, 9.17) is 10.5 Å². The van der Waals surface area contributed by atoms with Crippen molar-refractivity contribution in [2.75, 3.05) is 12.4 Å². The predicted molar refractivity (Wildman–Crippen MR) is 73.2 cm³/mol. The molecule has 0 saturated heterocycles. The number of methoxy groups -OCH3 is 1. The molecule has 18 heavy (non-hydrogen) atoms. The van der Waals surface area contributed by atoms with Gasteiger partial charge in [-0.2, -0.15) is 0 Å². The Morgan fingerprint density at radius 3 is 2.89 bits per heavy atom. The van der Waals surface area contributed by atoms with E-state index in [1.807, 2.05) is 29.6 Å². The van der Waals surface area contributed by atoms with E-state index in [2.05, 4.69) is 5.32 Å². The molecule has 2 aromatic rings. The minimum Gasteiger partial charge on any atom is -0.495 e. The van der Waals surface area contributed by atoms with Gasteiger partial charge in [-0.3, -0.25) is 4.79 Å². The van der Waals surface area contributed by atoms with Crippen LogP contribution in [0.3, 0.4) is 0 Å². The van der Waals surface area contributed by atoms with Crippen LogP contribution >= 0.6 is 11.3 Å². The molecule has 0 spiro atoms. The lowest BCUT2D eigenvalue weighted by Crippen LogP contribution is -2.13. The molecule has 0 fully saturated rings. The standard InChI is InChI=1S/C13H14N2O2S/c1-17-11-6-7-18-12(11)13(16)15-10-5-3-2-4-9(10)8-14/h2-7H,8,14H2,1H3,(H,15,16). The molecular formula is C13H14N2O2S. The second-order valence-corrected chi connectivity index (χ2v) is 4.55. The summed E-state index contributed by atoms with van der Waals surface area (Å²) < 4.78 is 5.13. The van der Waals surface area contributed by atoms with Gasteiger partial charge in [-0.1, -0.05) is 18.2 Å². The van der Waals surface area contributed by atoms with E-state index < -0.39 is 0 Å². The molecule has 0 unspecified atom stereocenters. The number of para-hydroxylation sites is 1. The van der Waals surface area contributed by atoms with Gasteiger partial charge >= 0.3 is 0 Å². The third-order valence-electron chi connectivity index (χ3n) is 2.54. The molecule has 0 radical (unpaired) electrons. The first kappa shape index (κ1) is 12.6. The number of thiophene rings is 1. The summed E-state index contributed by atoms with van der Waals surface area (Å²) in [5, 5.41) is 4.67. The average molecular weight is 262 g/mol. The van der Waals surface area contributed by atoms with Crippen molar-refractivity contribution in [2.24, 2.45) is 5.73 Å². The number of rotatable bonds is 4. The summed E-state index contributed by atoms with van der Waals surface area (Å²) in [5.41, 5.74) is 7.27. The van der Waals surface area contributed by atoms with E-state index in [-0.39, 0.29) is 5.91 Å². The van der Waals surface area contributed by atoms with Crippen LogP contribution in [0.1, 0.15) is 15.2 Å². The molecule has 0 aliphatic rings. The van der Waals surface area contributed by atoms with Gasteiger partial charge in [0, 0.05) is 12.2 Å². The van der Waals surface area contributed by atoms with Crippen LogP contribution in [0.25, 0.3) is 0 Å². The van der Waals surface area contributed by atoms with Crippen LogP contribution in [0, 0.1) is 0 Å². The number of hydrogen-bond donors (Lipinski definition) is 2. The highest BCUT2D eigenvalue weighted by molar-refractivity contribution is 7.12. The molecule has 0 atom stereocenters. The maximum atomic E-state index is 12.1. The van der Waals surface area contributed by atoms with Crippen molar-refractivity contribution in [1.82, 2.24) is 0 Å². The number of amides is 1. The van der Waals surface area contributed by atoms with E-state index in [1.54, 1.807) is 13.2 Å². The molecule has 1 aromatic carbocycles. The summed E-state index contributed by atoms with van der Waals surface area (Å²) in [4.78, 5) is 12.7. The van der Waals surface area contributed by atoms with Gasteiger partial charge in [-0.25, -0.2) is 0 Å². The van der Waals surface area contributed by atoms with Gasteiger partial charge < -0.3 is 15.8 Å². The van der Waals surface area contributed by atoms with Crippen molar-refractivity contribution >= 4 is 22.9 Å². The molecule has 2 rings (SSSR count). The van der Waals surface area contributed by atoms with Gasteiger partial charge in [0.1, 0.15) is 10.6 Å². The van der Waals surface area contributed by atoms with Crippen LogP contribution in [0.5, 0.6) is 5.75 Å². The quantitative estimate of drug-likeness (QED) is 0.889. The van der Waals surface area contributed by atoms with E-state index in [1.165, 1.54) is 11.3 Å². The predicted octanol–water partition coefficient (Wildman–Crippen LogP) is 2.47. The monoisotopic (exact) mass is 262 g/mol. The van der Waals surface area contributed by atoms with Crippen molar-refractivity contribution < 1.29 is 9.53 Å². The van der Waals surface area contributed by atoms with Crippen LogP contribution in [-0.2, 0) is 6.54 Å². The summed E-state index contributed by atoms with van der Waals surface area (Å²) in [7, 11) is 1.55. The Hall–Kier alpha value is -1.85. The average Bonchev–Trinajstić information content (AvgIpc) is 2.87. The Kier molecular flexibility index (Phi) is 3.96. The molecule has 0 bridgehead atoms. The lowest BCUT2D eigenvalue weighted by atomic mass is 10.2. The van der Waals surface area contributed by atoms with E-state index in [9.17, 15) is 4.79 Å². The zero-order chi connectivity index (χ0) is 13.0. The highest BCUT2D eigenvalue weighted by Crippen LogP contribution is 2.26. The van der Waals surface area contributed by atoms with Gasteiger partial charge in [0.15, 0.2) is 0 Å². The Labute approximate surface area is 109 Å². The van der Waals surface area contributed by atoms with Crippen LogP contribution in [0.15, 0.2) is 35.7 Å². The van der Waals surface area contributed by atoms with Gasteiger partial charge in [0.2, 0.25) is 0 Å². The minimum absolute atomic E-state index is 0.178. The van der Waals surface area contributed by atoms with Gasteiger partial charge in [0.25, 0.3) is 5.91 Å². The smallest absolute Gasteiger partial charge is 0.269 e. The fourth-order valence-electron chi connectivity index (χ4n) is 1.62. The Bertz CT molecular complexity index is 551. The molecule has 1 aromatic heterocycles. The molecule has 0 saturated carbocycles. The summed E-state index contributed by atoms with van der Waals surface area (Å²) in [6.07, 6.45) is 0. The maximum absolute atomic E-state index is 12.1. The number of benzene rings is 1. The van der Waals surface area contributed by atoms with Gasteiger partial charge in [-0.05, 0) is 23.1 Å². The fraction of sp³-hybridized carbons (Fsp3) is 0.154. The van der Waals surface area contributed by atoms with Gasteiger partial charge in [0.05, 0.1) is 7.11 Å². The first-order chi connectivity index (χ1) is 8.76. The van der Waals surface area contributed by atoms with Crippen LogP contribution in [-0.4, -0.2) is 13.0 Å². The third kappa shape index (κ3) is 2.52. The maximum Gasteiger partial charge on any atom is 0.269 e. The number of carbonyl (C=O) groups excluding carboxylic acids is 1. The van der Waals surface area contributed by atoms with Gasteiger partial charge in [-0.15, -0.1) is 11.3 Å². The lowest BCUT2D eigenvalue weighted by Gasteiger charge is -2.09. The Morgan fingerprint density at radius 1 is 1.39 bits per heavy atom. The largest absolute Gasteiger partial charge is 0.495 e. The SMILES string of the molecule is COc1ccsc1C(=O)Nc1ccccc1CN. The molecule has 1 amide bonds. The van der Waals surface area contributed by atoms with Crippen molar-refractivity contribution in [3.05, 3.63) is 46.2 Å². The molecule has 0 aliphatic carbocycles. The second kappa shape index (κ2) is 5.66. The zero-order valence-corrected chi connectivity index (χ0v) is 10.8. The number of ether oxygens (including phenoxy) is 1. The first-order valence-electron chi connectivity index (χ1n) is 5.47. The highest BCUT2D eigenvalue weighted by Gasteiger charge is 2.14. The van der Waals surface area contributed by atoms with Crippen molar-refractivity contribution in [1.29, 1.82) is 0 Å². The summed E-state index contributed by atoms with van der Waals surface area (Å²) >= 11 is 1.35. The van der Waals surface area contributed by atoms with Crippen LogP contribution < -0.4 is 15.8 Å². The number of hydrogen-bond acceptors (Lipinski definition) is 4. The Morgan fingerprint density at radius 2 is 2.17 bits per heavy atom. The topological polar surface area (TPSA) is 64.3 Å². The number of nitrogens with one attached hydrogen (secondary N) is 1. The molecule has 94 valence electrons. The van der Waals surface area contributed by atoms with E-state index in [0.29, 0.717) is 17.2 Å². The highest BCUT2D eigenvalue weighted by atomic mass is 32.1. The van der Waals surface area contributed by atoms with E-state index in [0.717, 1.165) is 11.3 Å². The molecule has 5 heteroatoms. The number of anilines is 1. The van der Waals surface area contributed by atoms with Crippen LogP contribution in [0.4, 0.5) is 5.69 Å². The van der Waals surface area contributed by atoms with Crippen LogP contribution in [0.2, 0.25) is 0 Å². The second-order valence-electron chi connectivity index (χ2n) is 3.63. The molecule has 3 N–H and O–H groups in total. The van der Waals surface area contributed by atoms with Crippen molar-refractivity contribution in [3.63, 3.8) is 0 Å². The molecule has 4 nitrogen and oxygen atoms in total. The minimum atomic E-state index is -0.178. The van der Waals surface area contributed by atoms with Crippen molar-refractivity contribution in [3.8, 4) is 5.75 Å². The van der Waals surface area contributed by atoms with Crippen molar-refractivity contribution in [2.45, 2.75) is 6.54 Å². The fourth-order valence-corrected chi connectivity index (χ4v) is 2.38. The molecule has 0 aliphatic heterocycles. The number of carbonyl (C=O) groups is 1.